The van der Waals surface area contributed by atoms with Gasteiger partial charge in [0.05, 0.1) is 29.9 Å². The van der Waals surface area contributed by atoms with Gasteiger partial charge in [0.2, 0.25) is 10.0 Å². The number of nitrogens with zero attached hydrogens (tertiary/aromatic N) is 4. The van der Waals surface area contributed by atoms with E-state index in [0.29, 0.717) is 22.3 Å². The highest BCUT2D eigenvalue weighted by atomic mass is 32.2. The monoisotopic (exact) mass is 475 g/mol. The standard InChI is InChI=1S/C22H26FN5O4S/c1-13(2)18-12-16(20-14(3)26-27(4)21(20)25-18)22(29)24-15-5-6-17(23)19(11-15)33(30,31)28-7-9-32-10-8-28/h5-6,11-13H,7-10H2,1-4H3,(H,24,29). The zero-order valence-corrected chi connectivity index (χ0v) is 19.7. The van der Waals surface area contributed by atoms with Gasteiger partial charge in [-0.25, -0.2) is 17.8 Å². The highest BCUT2D eigenvalue weighted by Crippen LogP contribution is 2.27. The molecule has 3 aromatic rings. The number of sulfonamides is 1. The quantitative estimate of drug-likeness (QED) is 0.608. The van der Waals surface area contributed by atoms with E-state index in [-0.39, 0.29) is 37.9 Å². The minimum atomic E-state index is -4.07. The largest absolute Gasteiger partial charge is 0.379 e. The number of fused-ring (bicyclic) bond motifs is 1. The highest BCUT2D eigenvalue weighted by Gasteiger charge is 2.29. The van der Waals surface area contributed by atoms with E-state index >= 15 is 0 Å². The molecule has 0 spiro atoms. The van der Waals surface area contributed by atoms with E-state index in [0.717, 1.165) is 17.8 Å². The number of benzene rings is 1. The van der Waals surface area contributed by atoms with Crippen molar-refractivity contribution in [2.75, 3.05) is 31.6 Å². The Hall–Kier alpha value is -2.89. The number of ether oxygens (including phenoxy) is 1. The summed E-state index contributed by atoms with van der Waals surface area (Å²) in [6.07, 6.45) is 0. The summed E-state index contributed by atoms with van der Waals surface area (Å²) < 4.78 is 48.4. The van der Waals surface area contributed by atoms with Crippen LogP contribution in [-0.4, -0.2) is 59.7 Å². The smallest absolute Gasteiger partial charge is 0.256 e. The minimum absolute atomic E-state index is 0.0762. The van der Waals surface area contributed by atoms with Crippen molar-refractivity contribution in [3.8, 4) is 0 Å². The Morgan fingerprint density at radius 2 is 1.91 bits per heavy atom. The fraction of sp³-hybridized carbons (Fsp3) is 0.409. The number of aryl methyl sites for hydroxylation is 2. The number of hydrogen-bond acceptors (Lipinski definition) is 6. The molecule has 1 aromatic carbocycles. The average molecular weight is 476 g/mol. The summed E-state index contributed by atoms with van der Waals surface area (Å²) in [6, 6.07) is 5.24. The molecule has 1 aliphatic rings. The molecule has 4 rings (SSSR count). The maximum atomic E-state index is 14.5. The number of carbonyl (C=O) groups excluding carboxylic acids is 1. The summed E-state index contributed by atoms with van der Waals surface area (Å²) in [4.78, 5) is 17.4. The van der Waals surface area contributed by atoms with Crippen LogP contribution >= 0.6 is 0 Å². The van der Waals surface area contributed by atoms with Crippen LogP contribution in [-0.2, 0) is 21.8 Å². The number of pyridine rings is 1. The van der Waals surface area contributed by atoms with Gasteiger partial charge in [-0.1, -0.05) is 13.8 Å². The van der Waals surface area contributed by atoms with Gasteiger partial charge < -0.3 is 10.1 Å². The van der Waals surface area contributed by atoms with Gasteiger partial charge in [-0.2, -0.15) is 9.40 Å². The number of amides is 1. The third-order valence-electron chi connectivity index (χ3n) is 5.60. The molecule has 1 N–H and O–H groups in total. The number of anilines is 1. The first-order valence-corrected chi connectivity index (χ1v) is 12.1. The second-order valence-electron chi connectivity index (χ2n) is 8.27. The van der Waals surface area contributed by atoms with Gasteiger partial charge in [0, 0.05) is 31.5 Å². The zero-order chi connectivity index (χ0) is 23.9. The van der Waals surface area contributed by atoms with Crippen LogP contribution in [0.15, 0.2) is 29.2 Å². The fourth-order valence-corrected chi connectivity index (χ4v) is 5.34. The molecule has 1 saturated heterocycles. The van der Waals surface area contributed by atoms with Crippen LogP contribution in [0.25, 0.3) is 11.0 Å². The third-order valence-corrected chi connectivity index (χ3v) is 7.52. The predicted molar refractivity (Wildman–Crippen MR) is 121 cm³/mol. The van der Waals surface area contributed by atoms with E-state index in [1.807, 2.05) is 13.8 Å². The normalized spacial score (nSPS) is 15.3. The molecule has 0 atom stereocenters. The molecule has 0 bridgehead atoms. The van der Waals surface area contributed by atoms with Crippen LogP contribution < -0.4 is 5.32 Å². The summed E-state index contributed by atoms with van der Waals surface area (Å²) in [5, 5.41) is 7.71. The van der Waals surface area contributed by atoms with Crippen molar-refractivity contribution in [1.29, 1.82) is 0 Å². The summed E-state index contributed by atoms with van der Waals surface area (Å²) in [5.41, 5.74) is 2.50. The van der Waals surface area contributed by atoms with Crippen LogP contribution in [0.3, 0.4) is 0 Å². The van der Waals surface area contributed by atoms with Crippen molar-refractivity contribution in [3.05, 3.63) is 47.0 Å². The minimum Gasteiger partial charge on any atom is -0.379 e. The van der Waals surface area contributed by atoms with Crippen molar-refractivity contribution in [1.82, 2.24) is 19.1 Å². The van der Waals surface area contributed by atoms with Crippen LogP contribution in [0.4, 0.5) is 10.1 Å². The molecule has 1 amide bonds. The second-order valence-corrected chi connectivity index (χ2v) is 10.2. The third kappa shape index (κ3) is 4.35. The highest BCUT2D eigenvalue weighted by molar-refractivity contribution is 7.89. The number of hydrogen-bond donors (Lipinski definition) is 1. The Morgan fingerprint density at radius 1 is 1.21 bits per heavy atom. The molecule has 0 aliphatic carbocycles. The number of morpholine rings is 1. The van der Waals surface area contributed by atoms with E-state index in [4.69, 9.17) is 4.74 Å². The topological polar surface area (TPSA) is 106 Å². The summed E-state index contributed by atoms with van der Waals surface area (Å²) in [7, 11) is -2.31. The number of halogens is 1. The molecular formula is C22H26FN5O4S. The first-order chi connectivity index (χ1) is 15.6. The van der Waals surface area contributed by atoms with Crippen molar-refractivity contribution in [3.63, 3.8) is 0 Å². The Labute approximate surface area is 191 Å². The summed E-state index contributed by atoms with van der Waals surface area (Å²) in [5.74, 6) is -1.26. The zero-order valence-electron chi connectivity index (χ0n) is 18.9. The lowest BCUT2D eigenvalue weighted by Gasteiger charge is -2.26. The van der Waals surface area contributed by atoms with Gasteiger partial charge in [-0.15, -0.1) is 0 Å². The number of aromatic nitrogens is 3. The van der Waals surface area contributed by atoms with Crippen LogP contribution in [0.5, 0.6) is 0 Å². The number of nitrogens with one attached hydrogen (secondary N) is 1. The van der Waals surface area contributed by atoms with Gasteiger partial charge in [-0.3, -0.25) is 9.48 Å². The van der Waals surface area contributed by atoms with Crippen molar-refractivity contribution in [2.45, 2.75) is 31.6 Å². The Kier molecular flexibility index (Phi) is 6.21. The lowest BCUT2D eigenvalue weighted by molar-refractivity contribution is 0.0729. The fourth-order valence-electron chi connectivity index (χ4n) is 3.84. The van der Waals surface area contributed by atoms with Gasteiger partial charge in [0.1, 0.15) is 10.7 Å². The van der Waals surface area contributed by atoms with Crippen LogP contribution in [0, 0.1) is 12.7 Å². The molecule has 9 nitrogen and oxygen atoms in total. The van der Waals surface area contributed by atoms with Crippen molar-refractivity contribution in [2.24, 2.45) is 7.05 Å². The predicted octanol–water partition coefficient (Wildman–Crippen LogP) is 2.81. The molecule has 0 unspecified atom stereocenters. The molecule has 11 heteroatoms. The van der Waals surface area contributed by atoms with Gasteiger partial charge in [-0.05, 0) is 37.1 Å². The molecular weight excluding hydrogens is 449 g/mol. The second kappa shape index (κ2) is 8.81. The average Bonchev–Trinajstić information content (AvgIpc) is 3.08. The van der Waals surface area contributed by atoms with E-state index in [2.05, 4.69) is 15.4 Å². The van der Waals surface area contributed by atoms with Crippen molar-refractivity contribution < 1.29 is 22.3 Å². The maximum absolute atomic E-state index is 14.5. The summed E-state index contributed by atoms with van der Waals surface area (Å²) in [6.45, 7) is 6.53. The lowest BCUT2D eigenvalue weighted by Crippen LogP contribution is -2.40. The van der Waals surface area contributed by atoms with Gasteiger partial charge in [0.15, 0.2) is 5.65 Å². The molecule has 0 saturated carbocycles. The van der Waals surface area contributed by atoms with Gasteiger partial charge >= 0.3 is 0 Å². The molecule has 33 heavy (non-hydrogen) atoms. The Balaban J connectivity index is 1.71. The first-order valence-electron chi connectivity index (χ1n) is 10.6. The van der Waals surface area contributed by atoms with E-state index in [1.54, 1.807) is 24.7 Å². The Morgan fingerprint density at radius 3 is 2.58 bits per heavy atom. The van der Waals surface area contributed by atoms with Crippen LogP contribution in [0.1, 0.15) is 41.5 Å². The summed E-state index contributed by atoms with van der Waals surface area (Å²) >= 11 is 0. The number of rotatable bonds is 5. The maximum Gasteiger partial charge on any atom is 0.256 e. The van der Waals surface area contributed by atoms with E-state index in [9.17, 15) is 17.6 Å². The first kappa shape index (κ1) is 23.3. The molecule has 3 heterocycles. The van der Waals surface area contributed by atoms with Crippen molar-refractivity contribution >= 4 is 32.7 Å². The molecule has 2 aromatic heterocycles. The van der Waals surface area contributed by atoms with Gasteiger partial charge in [0.25, 0.3) is 5.91 Å². The van der Waals surface area contributed by atoms with E-state index in [1.165, 1.54) is 10.4 Å². The van der Waals surface area contributed by atoms with E-state index < -0.39 is 26.6 Å². The molecule has 176 valence electrons. The number of carbonyl (C=O) groups is 1. The molecule has 1 aliphatic heterocycles. The molecule has 0 radical (unpaired) electrons. The Bertz CT molecular complexity index is 1330. The SMILES string of the molecule is Cc1nn(C)c2nc(C(C)C)cc(C(=O)Nc3ccc(F)c(S(=O)(=O)N4CCOCC4)c3)c12. The van der Waals surface area contributed by atoms with Crippen LogP contribution in [0.2, 0.25) is 0 Å². The lowest BCUT2D eigenvalue weighted by atomic mass is 10.0. The molecule has 1 fully saturated rings.